The SMILES string of the molecule is Cc1ccc(Cl)c(C2=C3C(=O)NC(c4cc(CF)ccc4I)=C3C(=O)N2)c1. The molecule has 0 bridgehead atoms. The predicted octanol–water partition coefficient (Wildman–Crippen LogP) is 4.10. The summed E-state index contributed by atoms with van der Waals surface area (Å²) in [6.45, 7) is 1.28. The molecule has 2 N–H and O–H groups in total. The van der Waals surface area contributed by atoms with E-state index in [9.17, 15) is 14.0 Å². The van der Waals surface area contributed by atoms with Gasteiger partial charge in [-0.25, -0.2) is 4.39 Å². The van der Waals surface area contributed by atoms with Gasteiger partial charge in [0.05, 0.1) is 22.5 Å². The number of alkyl halides is 1. The highest BCUT2D eigenvalue weighted by Crippen LogP contribution is 2.40. The van der Waals surface area contributed by atoms with E-state index < -0.39 is 6.67 Å². The molecule has 2 aliphatic heterocycles. The largest absolute Gasteiger partial charge is 0.321 e. The Morgan fingerprint density at radius 3 is 2.22 bits per heavy atom. The third-order valence-electron chi connectivity index (χ3n) is 4.53. The molecule has 4 rings (SSSR count). The fourth-order valence-corrected chi connectivity index (χ4v) is 4.08. The molecule has 0 atom stereocenters. The van der Waals surface area contributed by atoms with Crippen LogP contribution in [0.1, 0.15) is 22.3 Å². The van der Waals surface area contributed by atoms with Crippen LogP contribution in [0.25, 0.3) is 11.4 Å². The molecule has 4 nitrogen and oxygen atoms in total. The lowest BCUT2D eigenvalue weighted by Crippen LogP contribution is -2.22. The zero-order chi connectivity index (χ0) is 19.3. The van der Waals surface area contributed by atoms with Gasteiger partial charge in [0.25, 0.3) is 11.8 Å². The molecule has 0 aromatic heterocycles. The molecule has 0 unspecified atom stereocenters. The Kier molecular flexibility index (Phi) is 4.55. The summed E-state index contributed by atoms with van der Waals surface area (Å²) in [5.74, 6) is -0.764. The van der Waals surface area contributed by atoms with Crippen molar-refractivity contribution in [3.05, 3.63) is 78.4 Å². The van der Waals surface area contributed by atoms with Crippen molar-refractivity contribution in [1.29, 1.82) is 0 Å². The number of halogens is 3. The van der Waals surface area contributed by atoms with Crippen molar-refractivity contribution >= 4 is 57.4 Å². The van der Waals surface area contributed by atoms with Gasteiger partial charge in [-0.3, -0.25) is 9.59 Å². The lowest BCUT2D eigenvalue weighted by atomic mass is 10.0. The fourth-order valence-electron chi connectivity index (χ4n) is 3.26. The highest BCUT2D eigenvalue weighted by molar-refractivity contribution is 14.1. The monoisotopic (exact) mass is 494 g/mol. The molecule has 0 saturated heterocycles. The van der Waals surface area contributed by atoms with Gasteiger partial charge in [-0.05, 0) is 59.3 Å². The number of benzene rings is 2. The molecule has 7 heteroatoms. The van der Waals surface area contributed by atoms with E-state index in [1.165, 1.54) is 0 Å². The van der Waals surface area contributed by atoms with E-state index in [0.717, 1.165) is 9.13 Å². The number of aryl methyl sites for hydroxylation is 1. The molecule has 0 radical (unpaired) electrons. The van der Waals surface area contributed by atoms with Gasteiger partial charge in [-0.1, -0.05) is 29.3 Å². The van der Waals surface area contributed by atoms with Crippen molar-refractivity contribution in [1.82, 2.24) is 10.6 Å². The Bertz CT molecular complexity index is 1090. The van der Waals surface area contributed by atoms with E-state index in [2.05, 4.69) is 33.2 Å². The first-order chi connectivity index (χ1) is 12.9. The molecule has 0 saturated carbocycles. The van der Waals surface area contributed by atoms with E-state index in [1.54, 1.807) is 24.3 Å². The van der Waals surface area contributed by atoms with Crippen LogP contribution >= 0.6 is 34.2 Å². The van der Waals surface area contributed by atoms with Crippen LogP contribution in [0, 0.1) is 10.5 Å². The van der Waals surface area contributed by atoms with Gasteiger partial charge in [0.1, 0.15) is 6.67 Å². The van der Waals surface area contributed by atoms with Crippen molar-refractivity contribution in [2.75, 3.05) is 0 Å². The molecular formula is C20H13ClFIN2O2. The molecule has 2 aromatic rings. The van der Waals surface area contributed by atoms with Crippen LogP contribution in [-0.2, 0) is 16.3 Å². The minimum absolute atomic E-state index is 0.265. The second-order valence-electron chi connectivity index (χ2n) is 6.34. The molecular weight excluding hydrogens is 482 g/mol. The van der Waals surface area contributed by atoms with E-state index in [4.69, 9.17) is 11.6 Å². The Morgan fingerprint density at radius 2 is 1.59 bits per heavy atom. The molecule has 2 aliphatic rings. The zero-order valence-corrected chi connectivity index (χ0v) is 17.0. The molecule has 136 valence electrons. The first-order valence-electron chi connectivity index (χ1n) is 8.13. The number of hydrogen-bond acceptors (Lipinski definition) is 2. The summed E-state index contributed by atoms with van der Waals surface area (Å²) in [5.41, 5.74) is 3.97. The van der Waals surface area contributed by atoms with Crippen LogP contribution in [0.2, 0.25) is 5.02 Å². The van der Waals surface area contributed by atoms with Crippen LogP contribution < -0.4 is 10.6 Å². The van der Waals surface area contributed by atoms with E-state index in [1.807, 2.05) is 19.1 Å². The van der Waals surface area contributed by atoms with Crippen LogP contribution in [0.3, 0.4) is 0 Å². The van der Waals surface area contributed by atoms with E-state index in [0.29, 0.717) is 33.1 Å². The Morgan fingerprint density at radius 1 is 0.963 bits per heavy atom. The molecule has 2 amide bonds. The van der Waals surface area contributed by atoms with E-state index in [-0.39, 0.29) is 23.0 Å². The van der Waals surface area contributed by atoms with Gasteiger partial charge in [-0.2, -0.15) is 0 Å². The predicted molar refractivity (Wildman–Crippen MR) is 110 cm³/mol. The number of carbonyl (C=O) groups is 2. The number of hydrogen-bond donors (Lipinski definition) is 2. The molecule has 0 aliphatic carbocycles. The Labute approximate surface area is 173 Å². The van der Waals surface area contributed by atoms with Gasteiger partial charge in [-0.15, -0.1) is 0 Å². The first-order valence-corrected chi connectivity index (χ1v) is 9.59. The van der Waals surface area contributed by atoms with E-state index >= 15 is 0 Å². The summed E-state index contributed by atoms with van der Waals surface area (Å²) < 4.78 is 13.9. The maximum absolute atomic E-state index is 13.1. The van der Waals surface area contributed by atoms with Crippen LogP contribution in [-0.4, -0.2) is 11.8 Å². The van der Waals surface area contributed by atoms with Gasteiger partial charge in [0.15, 0.2) is 0 Å². The highest BCUT2D eigenvalue weighted by atomic mass is 127. The summed E-state index contributed by atoms with van der Waals surface area (Å²) >= 11 is 8.40. The van der Waals surface area contributed by atoms with Crippen LogP contribution in [0.5, 0.6) is 0 Å². The summed E-state index contributed by atoms with van der Waals surface area (Å²) in [4.78, 5) is 25.4. The minimum atomic E-state index is -0.625. The normalized spacial score (nSPS) is 16.0. The second-order valence-corrected chi connectivity index (χ2v) is 7.91. The van der Waals surface area contributed by atoms with Crippen molar-refractivity contribution in [2.45, 2.75) is 13.6 Å². The zero-order valence-electron chi connectivity index (χ0n) is 14.1. The molecule has 2 heterocycles. The summed E-state index contributed by atoms with van der Waals surface area (Å²) in [5, 5.41) is 6.00. The van der Waals surface area contributed by atoms with Gasteiger partial charge >= 0.3 is 0 Å². The number of carbonyl (C=O) groups excluding carboxylic acids is 2. The molecule has 0 spiro atoms. The first kappa shape index (κ1) is 18.2. The van der Waals surface area contributed by atoms with Crippen molar-refractivity contribution in [2.24, 2.45) is 0 Å². The maximum Gasteiger partial charge on any atom is 0.258 e. The maximum atomic E-state index is 13.1. The highest BCUT2D eigenvalue weighted by Gasteiger charge is 2.41. The Balaban J connectivity index is 1.95. The van der Waals surface area contributed by atoms with Crippen molar-refractivity contribution in [3.8, 4) is 0 Å². The lowest BCUT2D eigenvalue weighted by Gasteiger charge is -2.11. The number of amides is 2. The summed E-state index contributed by atoms with van der Waals surface area (Å²) in [6, 6.07) is 10.5. The quantitative estimate of drug-likeness (QED) is 0.631. The lowest BCUT2D eigenvalue weighted by molar-refractivity contribution is -0.117. The summed E-state index contributed by atoms with van der Waals surface area (Å²) in [6.07, 6.45) is 0. The average molecular weight is 495 g/mol. The Hall–Kier alpha value is -2.19. The standard InChI is InChI=1S/C20H13ClFIN2O2/c1-9-2-4-13(21)11(6-9)17-15-16(20(27)24-17)18(25-19(15)26)12-7-10(8-22)3-5-14(12)23/h2-7H,8H2,1H3,(H,24,27)(H,25,26). The number of nitrogens with one attached hydrogen (secondary N) is 2. The second kappa shape index (κ2) is 6.76. The molecule has 2 aromatic carbocycles. The van der Waals surface area contributed by atoms with Crippen molar-refractivity contribution in [3.63, 3.8) is 0 Å². The van der Waals surface area contributed by atoms with Gasteiger partial charge in [0, 0.05) is 19.7 Å². The third kappa shape index (κ3) is 2.96. The topological polar surface area (TPSA) is 58.2 Å². The van der Waals surface area contributed by atoms with Crippen LogP contribution in [0.15, 0.2) is 47.5 Å². The van der Waals surface area contributed by atoms with Gasteiger partial charge in [0.2, 0.25) is 0 Å². The average Bonchev–Trinajstić information content (AvgIpc) is 3.16. The smallest absolute Gasteiger partial charge is 0.258 e. The molecule has 27 heavy (non-hydrogen) atoms. The summed E-state index contributed by atoms with van der Waals surface area (Å²) in [7, 11) is 0. The number of fused-ring (bicyclic) bond motifs is 1. The van der Waals surface area contributed by atoms with Gasteiger partial charge < -0.3 is 10.6 Å². The van der Waals surface area contributed by atoms with Crippen LogP contribution in [0.4, 0.5) is 4.39 Å². The number of rotatable bonds is 3. The molecule has 0 fully saturated rings. The minimum Gasteiger partial charge on any atom is -0.321 e. The third-order valence-corrected chi connectivity index (χ3v) is 5.80. The fraction of sp³-hybridized carbons (Fsp3) is 0.100. The van der Waals surface area contributed by atoms with Crippen molar-refractivity contribution < 1.29 is 14.0 Å².